The fourth-order valence-corrected chi connectivity index (χ4v) is 0.952. The van der Waals surface area contributed by atoms with E-state index in [1.807, 2.05) is 13.8 Å². The van der Waals surface area contributed by atoms with Crippen molar-refractivity contribution in [3.63, 3.8) is 0 Å². The van der Waals surface area contributed by atoms with Gasteiger partial charge in [-0.25, -0.2) is 0 Å². The van der Waals surface area contributed by atoms with E-state index in [1.165, 1.54) is 0 Å². The third kappa shape index (κ3) is 6.05. The van der Waals surface area contributed by atoms with Gasteiger partial charge in [-0.2, -0.15) is 0 Å². The molecule has 42 valence electrons. The van der Waals surface area contributed by atoms with E-state index in [4.69, 9.17) is 5.73 Å². The van der Waals surface area contributed by atoms with Crippen LogP contribution in [0, 0.1) is 0 Å². The minimum atomic E-state index is 0.192. The summed E-state index contributed by atoms with van der Waals surface area (Å²) >= 11 is 1.59. The Balaban J connectivity index is 3.13. The molecule has 2 heteroatoms. The molecule has 0 rings (SSSR count). The Hall–Kier alpha value is 0.0500. The lowest BCUT2D eigenvalue weighted by atomic mass is 10.8. The first-order valence-electron chi connectivity index (χ1n) is 2.20. The summed E-state index contributed by atoms with van der Waals surface area (Å²) in [5.74, 6) is 0. The number of hydrogen-bond acceptors (Lipinski definition) is 2. The van der Waals surface area contributed by atoms with Gasteiger partial charge in [-0.15, -0.1) is 11.8 Å². The highest BCUT2D eigenvalue weighted by atomic mass is 32.2. The number of rotatable bonds is 2. The van der Waals surface area contributed by atoms with Crippen LogP contribution in [0.5, 0.6) is 0 Å². The lowest BCUT2D eigenvalue weighted by Gasteiger charge is -2.00. The molecule has 0 aromatic rings. The first-order valence-corrected chi connectivity index (χ1v) is 3.08. The van der Waals surface area contributed by atoms with Gasteiger partial charge in [0.1, 0.15) is 0 Å². The van der Waals surface area contributed by atoms with Crippen LogP contribution in [0.3, 0.4) is 0 Å². The Labute approximate surface area is 49.0 Å². The molecule has 0 aromatic heterocycles. The fraction of sp³-hybridized carbons (Fsp3) is 0.600. The van der Waals surface area contributed by atoms with Crippen molar-refractivity contribution >= 4 is 11.8 Å². The zero-order chi connectivity index (χ0) is 5.86. The van der Waals surface area contributed by atoms with Crippen molar-refractivity contribution in [2.24, 2.45) is 5.73 Å². The summed E-state index contributed by atoms with van der Waals surface area (Å²) in [5, 5.41) is 0.192. The summed E-state index contributed by atoms with van der Waals surface area (Å²) in [5.41, 5.74) is 5.40. The number of hydrogen-bond donors (Lipinski definition) is 1. The predicted octanol–water partition coefficient (Wildman–Crippen LogP) is 1.56. The lowest BCUT2D eigenvalue weighted by Crippen LogP contribution is -2.08. The Morgan fingerprint density at radius 2 is 2.29 bits per heavy atom. The van der Waals surface area contributed by atoms with Crippen LogP contribution in [0.4, 0.5) is 0 Å². The van der Waals surface area contributed by atoms with Gasteiger partial charge in [0, 0.05) is 0 Å². The average molecular weight is 117 g/mol. The highest BCUT2D eigenvalue weighted by Crippen LogP contribution is 2.13. The van der Waals surface area contributed by atoms with Gasteiger partial charge >= 0.3 is 0 Å². The molecule has 0 amide bonds. The van der Waals surface area contributed by atoms with Crippen molar-refractivity contribution in [2.75, 3.05) is 0 Å². The highest BCUT2D eigenvalue weighted by molar-refractivity contribution is 8.03. The minimum absolute atomic E-state index is 0.192. The first-order chi connectivity index (χ1) is 3.13. The molecule has 2 N–H and O–H groups in total. The zero-order valence-corrected chi connectivity index (χ0v) is 5.59. The van der Waals surface area contributed by atoms with Crippen LogP contribution in [0.25, 0.3) is 0 Å². The van der Waals surface area contributed by atoms with E-state index in [0.29, 0.717) is 0 Å². The molecule has 0 bridgehead atoms. The summed E-state index contributed by atoms with van der Waals surface area (Å²) in [6.07, 6.45) is 0. The van der Waals surface area contributed by atoms with E-state index in [0.717, 1.165) is 4.91 Å². The Bertz CT molecular complexity index is 68.5. The van der Waals surface area contributed by atoms with Crippen LogP contribution in [-0.2, 0) is 0 Å². The standard InChI is InChI=1S/C5H11NS/c1-4(2)7-5(3)6/h5H,1,6H2,2-3H3. The maximum Gasteiger partial charge on any atom is 0.0522 e. The van der Waals surface area contributed by atoms with E-state index in [1.54, 1.807) is 11.8 Å². The average Bonchev–Trinajstić information content (AvgIpc) is 1.27. The first kappa shape index (κ1) is 7.05. The van der Waals surface area contributed by atoms with Crippen molar-refractivity contribution < 1.29 is 0 Å². The SMILES string of the molecule is C=C(C)SC(C)N. The molecular formula is C5H11NS. The van der Waals surface area contributed by atoms with Crippen LogP contribution in [0.1, 0.15) is 13.8 Å². The molecule has 0 aliphatic rings. The Morgan fingerprint density at radius 1 is 1.86 bits per heavy atom. The van der Waals surface area contributed by atoms with Crippen molar-refractivity contribution in [1.82, 2.24) is 0 Å². The van der Waals surface area contributed by atoms with Crippen LogP contribution in [0.2, 0.25) is 0 Å². The van der Waals surface area contributed by atoms with E-state index in [2.05, 4.69) is 6.58 Å². The largest absolute Gasteiger partial charge is 0.319 e. The Morgan fingerprint density at radius 3 is 2.29 bits per heavy atom. The molecule has 0 aliphatic heterocycles. The summed E-state index contributed by atoms with van der Waals surface area (Å²) < 4.78 is 0. The molecule has 0 aliphatic carbocycles. The number of allylic oxidation sites excluding steroid dienone is 1. The Kier molecular flexibility index (Phi) is 3.13. The van der Waals surface area contributed by atoms with Crippen LogP contribution >= 0.6 is 11.8 Å². The molecule has 1 atom stereocenters. The topological polar surface area (TPSA) is 26.0 Å². The second-order valence-electron chi connectivity index (χ2n) is 1.52. The van der Waals surface area contributed by atoms with Gasteiger partial charge in [-0.3, -0.25) is 0 Å². The lowest BCUT2D eigenvalue weighted by molar-refractivity contribution is 1.05. The minimum Gasteiger partial charge on any atom is -0.319 e. The van der Waals surface area contributed by atoms with Crippen molar-refractivity contribution in [1.29, 1.82) is 0 Å². The molecule has 0 saturated carbocycles. The third-order valence-electron chi connectivity index (χ3n) is 0.387. The second kappa shape index (κ2) is 3.10. The van der Waals surface area contributed by atoms with Gasteiger partial charge in [-0.1, -0.05) is 6.58 Å². The zero-order valence-electron chi connectivity index (χ0n) is 4.77. The number of thioether (sulfide) groups is 1. The highest BCUT2D eigenvalue weighted by Gasteiger charge is 1.90. The van der Waals surface area contributed by atoms with Crippen LogP contribution in [-0.4, -0.2) is 5.37 Å². The quantitative estimate of drug-likeness (QED) is 0.555. The van der Waals surface area contributed by atoms with Gasteiger partial charge in [0.15, 0.2) is 0 Å². The van der Waals surface area contributed by atoms with Crippen LogP contribution in [0.15, 0.2) is 11.5 Å². The molecule has 0 aromatic carbocycles. The molecule has 0 radical (unpaired) electrons. The monoisotopic (exact) mass is 117 g/mol. The van der Waals surface area contributed by atoms with Gasteiger partial charge in [0.05, 0.1) is 5.37 Å². The van der Waals surface area contributed by atoms with E-state index < -0.39 is 0 Å². The molecule has 1 nitrogen and oxygen atoms in total. The molecule has 0 spiro atoms. The fourth-order valence-electron chi connectivity index (χ4n) is 0.317. The molecule has 0 fully saturated rings. The molecule has 1 unspecified atom stereocenters. The maximum absolute atomic E-state index is 5.40. The summed E-state index contributed by atoms with van der Waals surface area (Å²) in [7, 11) is 0. The summed E-state index contributed by atoms with van der Waals surface area (Å²) in [6, 6.07) is 0. The van der Waals surface area contributed by atoms with Gasteiger partial charge in [-0.05, 0) is 18.8 Å². The molecule has 0 saturated heterocycles. The van der Waals surface area contributed by atoms with Crippen LogP contribution < -0.4 is 5.73 Å². The maximum atomic E-state index is 5.40. The van der Waals surface area contributed by atoms with E-state index in [-0.39, 0.29) is 5.37 Å². The normalized spacial score (nSPS) is 13.6. The van der Waals surface area contributed by atoms with Gasteiger partial charge < -0.3 is 5.73 Å². The van der Waals surface area contributed by atoms with Gasteiger partial charge in [0.2, 0.25) is 0 Å². The summed E-state index contributed by atoms with van der Waals surface area (Å²) in [4.78, 5) is 1.08. The third-order valence-corrected chi connectivity index (χ3v) is 1.16. The number of nitrogens with two attached hydrogens (primary N) is 1. The molecule has 0 heterocycles. The predicted molar refractivity (Wildman–Crippen MR) is 36.1 cm³/mol. The van der Waals surface area contributed by atoms with Gasteiger partial charge in [0.25, 0.3) is 0 Å². The van der Waals surface area contributed by atoms with Crippen molar-refractivity contribution in [3.8, 4) is 0 Å². The second-order valence-corrected chi connectivity index (χ2v) is 3.20. The van der Waals surface area contributed by atoms with Crippen molar-refractivity contribution in [2.45, 2.75) is 19.2 Å². The summed E-state index contributed by atoms with van der Waals surface area (Å²) in [6.45, 7) is 7.57. The van der Waals surface area contributed by atoms with Crippen molar-refractivity contribution in [3.05, 3.63) is 11.5 Å². The molecular weight excluding hydrogens is 106 g/mol. The van der Waals surface area contributed by atoms with E-state index >= 15 is 0 Å². The molecule has 7 heavy (non-hydrogen) atoms. The van der Waals surface area contributed by atoms with E-state index in [9.17, 15) is 0 Å². The smallest absolute Gasteiger partial charge is 0.0522 e.